The molecule has 1 unspecified atom stereocenters. The molecule has 0 saturated heterocycles. The molecule has 7 heteroatoms. The molecule has 1 atom stereocenters. The van der Waals surface area contributed by atoms with Crippen LogP contribution in [0.25, 0.3) is 10.9 Å². The smallest absolute Gasteiger partial charge is 0.334 e. The van der Waals surface area contributed by atoms with Crippen molar-refractivity contribution in [2.75, 3.05) is 17.5 Å². The molecule has 0 amide bonds. The maximum atomic E-state index is 13.8. The fraction of sp³-hybridized carbons (Fsp3) is 0.370. The molecule has 0 saturated carbocycles. The van der Waals surface area contributed by atoms with Gasteiger partial charge in [0.05, 0.1) is 18.0 Å². The van der Waals surface area contributed by atoms with Gasteiger partial charge >= 0.3 is 5.97 Å². The molecule has 0 spiro atoms. The van der Waals surface area contributed by atoms with Gasteiger partial charge in [0.2, 0.25) is 0 Å². The lowest BCUT2D eigenvalue weighted by Gasteiger charge is -2.23. The van der Waals surface area contributed by atoms with E-state index in [2.05, 4.69) is 11.9 Å². The van der Waals surface area contributed by atoms with Gasteiger partial charge in [-0.2, -0.15) is 0 Å². The van der Waals surface area contributed by atoms with Crippen molar-refractivity contribution >= 4 is 32.7 Å². The number of nitrogens with zero attached hydrogens (tertiary/aromatic N) is 1. The summed E-state index contributed by atoms with van der Waals surface area (Å²) in [6, 6.07) is 14.6. The van der Waals surface area contributed by atoms with Gasteiger partial charge in [0.25, 0.3) is 10.0 Å². The molecule has 34 heavy (non-hydrogen) atoms. The van der Waals surface area contributed by atoms with Crippen LogP contribution in [0, 0.1) is 6.92 Å². The van der Waals surface area contributed by atoms with Gasteiger partial charge in [-0.25, -0.2) is 17.5 Å². The number of rotatable bonds is 8. The van der Waals surface area contributed by atoms with E-state index in [0.29, 0.717) is 11.4 Å². The largest absolute Gasteiger partial charge is 0.463 e. The van der Waals surface area contributed by atoms with Crippen molar-refractivity contribution in [3.63, 3.8) is 0 Å². The Morgan fingerprint density at radius 2 is 1.82 bits per heavy atom. The minimum atomic E-state index is -3.87. The Morgan fingerprint density at radius 1 is 1.09 bits per heavy atom. The molecule has 4 rings (SSSR count). The molecule has 1 aliphatic rings. The minimum Gasteiger partial charge on any atom is -0.463 e. The van der Waals surface area contributed by atoms with Crippen LogP contribution in [0.15, 0.2) is 65.1 Å². The summed E-state index contributed by atoms with van der Waals surface area (Å²) in [5.41, 5.74) is 3.22. The zero-order chi connectivity index (χ0) is 24.3. The molecule has 1 N–H and O–H groups in total. The standard InChI is InChI=1S/C27H32N2O4S/c1-4-6-7-10-21-22(27(30)33-5-2)17-18-29(34(31,32)20-15-13-19(3)14-16-20)26-25(21)23-11-8-9-12-24(23)28-26/h8-9,11-17,21,28H,4-7,10,18H2,1-3H3. The summed E-state index contributed by atoms with van der Waals surface area (Å²) < 4.78 is 34.4. The quantitative estimate of drug-likeness (QED) is 0.325. The Labute approximate surface area is 201 Å². The van der Waals surface area contributed by atoms with Crippen LogP contribution in [0.4, 0.5) is 5.82 Å². The van der Waals surface area contributed by atoms with E-state index in [1.807, 2.05) is 31.2 Å². The highest BCUT2D eigenvalue weighted by Crippen LogP contribution is 2.44. The number of benzene rings is 2. The Bertz CT molecular complexity index is 1310. The number of para-hydroxylation sites is 1. The van der Waals surface area contributed by atoms with E-state index in [-0.39, 0.29) is 29.9 Å². The van der Waals surface area contributed by atoms with Crippen molar-refractivity contribution in [3.05, 3.63) is 71.3 Å². The molecular formula is C27H32N2O4S. The van der Waals surface area contributed by atoms with Crippen molar-refractivity contribution in [2.45, 2.75) is 57.3 Å². The van der Waals surface area contributed by atoms with Gasteiger partial charge in [-0.15, -0.1) is 0 Å². The van der Waals surface area contributed by atoms with Gasteiger partial charge in [0.1, 0.15) is 5.82 Å². The van der Waals surface area contributed by atoms with Crippen LogP contribution < -0.4 is 4.31 Å². The minimum absolute atomic E-state index is 0.0501. The van der Waals surface area contributed by atoms with E-state index in [9.17, 15) is 13.2 Å². The third-order valence-corrected chi connectivity index (χ3v) is 8.17. The normalized spacial score (nSPS) is 16.1. The molecule has 1 aliphatic heterocycles. The van der Waals surface area contributed by atoms with E-state index in [1.165, 1.54) is 4.31 Å². The summed E-state index contributed by atoms with van der Waals surface area (Å²) in [5.74, 6) is -0.108. The van der Waals surface area contributed by atoms with Crippen LogP contribution in [0.3, 0.4) is 0 Å². The topological polar surface area (TPSA) is 79.5 Å². The zero-order valence-corrected chi connectivity index (χ0v) is 20.8. The summed E-state index contributed by atoms with van der Waals surface area (Å²) in [6.07, 6.45) is 5.51. The lowest BCUT2D eigenvalue weighted by molar-refractivity contribution is -0.138. The van der Waals surface area contributed by atoms with Crippen molar-refractivity contribution < 1.29 is 17.9 Å². The molecule has 0 fully saturated rings. The first-order valence-corrected chi connectivity index (χ1v) is 13.4. The fourth-order valence-corrected chi connectivity index (χ4v) is 6.05. The SMILES string of the molecule is CCCCCC1C(C(=O)OCC)=CCN(S(=O)(=O)c2ccc(C)cc2)c2[nH]c3ccccc3c21. The third kappa shape index (κ3) is 4.49. The maximum absolute atomic E-state index is 13.8. The van der Waals surface area contributed by atoms with Crippen molar-refractivity contribution in [1.82, 2.24) is 4.98 Å². The molecule has 2 aromatic carbocycles. The van der Waals surface area contributed by atoms with E-state index in [4.69, 9.17) is 4.74 Å². The summed E-state index contributed by atoms with van der Waals surface area (Å²) in [5, 5.41) is 0.931. The molecule has 0 bridgehead atoms. The number of unbranched alkanes of at least 4 members (excludes halogenated alkanes) is 2. The predicted molar refractivity (Wildman–Crippen MR) is 136 cm³/mol. The Morgan fingerprint density at radius 3 is 2.53 bits per heavy atom. The predicted octanol–water partition coefficient (Wildman–Crippen LogP) is 5.84. The number of sulfonamides is 1. The number of H-pyrrole nitrogens is 1. The van der Waals surface area contributed by atoms with Crippen LogP contribution in [-0.4, -0.2) is 32.5 Å². The average molecular weight is 481 g/mol. The van der Waals surface area contributed by atoms with E-state index in [0.717, 1.165) is 47.7 Å². The Balaban J connectivity index is 1.93. The number of hydrogen-bond acceptors (Lipinski definition) is 4. The highest BCUT2D eigenvalue weighted by Gasteiger charge is 2.37. The zero-order valence-electron chi connectivity index (χ0n) is 20.0. The number of fused-ring (bicyclic) bond motifs is 3. The van der Waals surface area contributed by atoms with E-state index in [1.54, 1.807) is 37.3 Å². The fourth-order valence-electron chi connectivity index (χ4n) is 4.66. The van der Waals surface area contributed by atoms with Gasteiger partial charge in [0.15, 0.2) is 0 Å². The van der Waals surface area contributed by atoms with Crippen molar-refractivity contribution in [2.24, 2.45) is 0 Å². The second-order valence-corrected chi connectivity index (χ2v) is 10.6. The summed E-state index contributed by atoms with van der Waals surface area (Å²) >= 11 is 0. The highest BCUT2D eigenvalue weighted by atomic mass is 32.2. The Kier molecular flexibility index (Phi) is 7.12. The van der Waals surface area contributed by atoms with E-state index >= 15 is 0 Å². The maximum Gasteiger partial charge on any atom is 0.334 e. The molecule has 2 heterocycles. The number of aryl methyl sites for hydroxylation is 1. The van der Waals surface area contributed by atoms with Crippen LogP contribution in [0.2, 0.25) is 0 Å². The molecule has 0 aliphatic carbocycles. The third-order valence-electron chi connectivity index (χ3n) is 6.39. The van der Waals surface area contributed by atoms with Gasteiger partial charge in [-0.1, -0.05) is 68.2 Å². The summed E-state index contributed by atoms with van der Waals surface area (Å²) in [7, 11) is -3.87. The van der Waals surface area contributed by atoms with Crippen LogP contribution >= 0.6 is 0 Å². The summed E-state index contributed by atoms with van der Waals surface area (Å²) in [6.45, 7) is 6.17. The molecule has 180 valence electrons. The number of esters is 1. The number of anilines is 1. The van der Waals surface area contributed by atoms with Gasteiger partial charge < -0.3 is 9.72 Å². The number of nitrogens with one attached hydrogen (secondary N) is 1. The second-order valence-electron chi connectivity index (χ2n) is 8.71. The second kappa shape index (κ2) is 10.1. The molecule has 3 aromatic rings. The first-order valence-electron chi connectivity index (χ1n) is 12.0. The van der Waals surface area contributed by atoms with Gasteiger partial charge in [-0.3, -0.25) is 0 Å². The Hall–Kier alpha value is -3.06. The monoisotopic (exact) mass is 480 g/mol. The van der Waals surface area contributed by atoms with E-state index < -0.39 is 10.0 Å². The van der Waals surface area contributed by atoms with Crippen LogP contribution in [0.5, 0.6) is 0 Å². The average Bonchev–Trinajstić information content (AvgIpc) is 3.11. The number of aromatic nitrogens is 1. The summed E-state index contributed by atoms with van der Waals surface area (Å²) in [4.78, 5) is 16.6. The molecule has 0 radical (unpaired) electrons. The molecular weight excluding hydrogens is 448 g/mol. The molecule has 6 nitrogen and oxygen atoms in total. The van der Waals surface area contributed by atoms with Gasteiger partial charge in [-0.05, 0) is 38.5 Å². The van der Waals surface area contributed by atoms with Crippen molar-refractivity contribution in [3.8, 4) is 0 Å². The first kappa shape index (κ1) is 24.1. The van der Waals surface area contributed by atoms with Crippen LogP contribution in [-0.2, 0) is 19.6 Å². The number of ether oxygens (including phenoxy) is 1. The van der Waals surface area contributed by atoms with Crippen LogP contribution in [0.1, 0.15) is 56.6 Å². The number of aromatic amines is 1. The lowest BCUT2D eigenvalue weighted by atomic mass is 9.86. The first-order chi connectivity index (χ1) is 16.4. The lowest BCUT2D eigenvalue weighted by Crippen LogP contribution is -2.31. The number of carbonyl (C=O) groups is 1. The molecule has 1 aromatic heterocycles. The number of carbonyl (C=O) groups excluding carboxylic acids is 1. The van der Waals surface area contributed by atoms with Gasteiger partial charge in [0, 0.05) is 28.0 Å². The number of hydrogen-bond donors (Lipinski definition) is 1. The van der Waals surface area contributed by atoms with Crippen molar-refractivity contribution in [1.29, 1.82) is 0 Å². The highest BCUT2D eigenvalue weighted by molar-refractivity contribution is 7.92.